The van der Waals surface area contributed by atoms with Crippen molar-refractivity contribution in [3.05, 3.63) is 53.5 Å². The molecule has 0 atom stereocenters. The van der Waals surface area contributed by atoms with Crippen LogP contribution in [0.5, 0.6) is 0 Å². The van der Waals surface area contributed by atoms with Crippen molar-refractivity contribution in [3.8, 4) is 0 Å². The number of rotatable bonds is 8. The summed E-state index contributed by atoms with van der Waals surface area (Å²) in [7, 11) is 1.95. The Morgan fingerprint density at radius 1 is 1.21 bits per heavy atom. The molecule has 0 saturated heterocycles. The minimum Gasteiger partial charge on any atom is -0.358 e. The van der Waals surface area contributed by atoms with E-state index in [2.05, 4.69) is 22.4 Å². The number of nitrogens with one attached hydrogen (secondary N) is 1. The Bertz CT molecular complexity index is 660. The van der Waals surface area contributed by atoms with E-state index in [0.717, 1.165) is 25.2 Å². The van der Waals surface area contributed by atoms with E-state index in [-0.39, 0.29) is 17.4 Å². The van der Waals surface area contributed by atoms with Crippen LogP contribution in [0.15, 0.2) is 36.4 Å². The monoisotopic (exact) mass is 330 g/mol. The van der Waals surface area contributed by atoms with Crippen LogP contribution < -0.4 is 10.2 Å². The van der Waals surface area contributed by atoms with E-state index in [4.69, 9.17) is 0 Å². The zero-order chi connectivity index (χ0) is 17.4. The first kappa shape index (κ1) is 17.8. The SMILES string of the molecule is CCCCN(C)c1ccc(C(=O)NCCc2ccccc2F)nn1. The Kier molecular flexibility index (Phi) is 6.66. The average molecular weight is 330 g/mol. The van der Waals surface area contributed by atoms with Gasteiger partial charge in [0, 0.05) is 20.1 Å². The summed E-state index contributed by atoms with van der Waals surface area (Å²) >= 11 is 0. The van der Waals surface area contributed by atoms with Crippen LogP contribution in [-0.2, 0) is 6.42 Å². The molecule has 0 aliphatic carbocycles. The number of anilines is 1. The number of unbranched alkanes of at least 4 members (excludes halogenated alkanes) is 1. The van der Waals surface area contributed by atoms with Gasteiger partial charge in [0.1, 0.15) is 5.82 Å². The summed E-state index contributed by atoms with van der Waals surface area (Å²) in [6.07, 6.45) is 2.63. The van der Waals surface area contributed by atoms with Gasteiger partial charge in [-0.25, -0.2) is 4.39 Å². The van der Waals surface area contributed by atoms with Gasteiger partial charge in [-0.15, -0.1) is 10.2 Å². The highest BCUT2D eigenvalue weighted by atomic mass is 19.1. The molecule has 0 aliphatic heterocycles. The Labute approximate surface area is 141 Å². The van der Waals surface area contributed by atoms with Crippen molar-refractivity contribution >= 4 is 11.7 Å². The molecule has 0 unspecified atom stereocenters. The van der Waals surface area contributed by atoms with E-state index in [9.17, 15) is 9.18 Å². The Balaban J connectivity index is 1.85. The largest absolute Gasteiger partial charge is 0.358 e. The second-order valence-electron chi connectivity index (χ2n) is 5.65. The van der Waals surface area contributed by atoms with Crippen molar-refractivity contribution in [2.45, 2.75) is 26.2 Å². The van der Waals surface area contributed by atoms with Gasteiger partial charge in [-0.05, 0) is 36.6 Å². The number of hydrogen-bond acceptors (Lipinski definition) is 4. The van der Waals surface area contributed by atoms with E-state index in [1.54, 1.807) is 30.3 Å². The van der Waals surface area contributed by atoms with Gasteiger partial charge < -0.3 is 10.2 Å². The summed E-state index contributed by atoms with van der Waals surface area (Å²) in [4.78, 5) is 14.1. The molecular weight excluding hydrogens is 307 g/mol. The van der Waals surface area contributed by atoms with Gasteiger partial charge in [-0.1, -0.05) is 31.5 Å². The van der Waals surface area contributed by atoms with Crippen LogP contribution in [0, 0.1) is 5.82 Å². The molecule has 1 amide bonds. The lowest BCUT2D eigenvalue weighted by Crippen LogP contribution is -2.27. The molecule has 1 aromatic heterocycles. The van der Waals surface area contributed by atoms with E-state index < -0.39 is 0 Å². The number of carbonyl (C=O) groups is 1. The minimum atomic E-state index is -0.304. The van der Waals surface area contributed by atoms with Crippen LogP contribution in [0.25, 0.3) is 0 Å². The summed E-state index contributed by atoms with van der Waals surface area (Å²) in [5.41, 5.74) is 0.841. The molecule has 1 heterocycles. The van der Waals surface area contributed by atoms with Crippen molar-refractivity contribution < 1.29 is 9.18 Å². The van der Waals surface area contributed by atoms with Crippen LogP contribution in [0.4, 0.5) is 10.2 Å². The Morgan fingerprint density at radius 2 is 2.00 bits per heavy atom. The van der Waals surface area contributed by atoms with Crippen LogP contribution >= 0.6 is 0 Å². The van der Waals surface area contributed by atoms with Gasteiger partial charge in [-0.2, -0.15) is 0 Å². The summed E-state index contributed by atoms with van der Waals surface area (Å²) < 4.78 is 13.5. The lowest BCUT2D eigenvalue weighted by molar-refractivity contribution is 0.0948. The first-order valence-corrected chi connectivity index (χ1v) is 8.18. The highest BCUT2D eigenvalue weighted by Gasteiger charge is 2.10. The van der Waals surface area contributed by atoms with Crippen LogP contribution in [-0.4, -0.2) is 36.2 Å². The third kappa shape index (κ3) is 5.01. The highest BCUT2D eigenvalue weighted by Crippen LogP contribution is 2.09. The fraction of sp³-hybridized carbons (Fsp3) is 0.389. The zero-order valence-corrected chi connectivity index (χ0v) is 14.1. The predicted octanol–water partition coefficient (Wildman–Crippen LogP) is 2.82. The second kappa shape index (κ2) is 8.96. The van der Waals surface area contributed by atoms with Crippen LogP contribution in [0.1, 0.15) is 35.8 Å². The van der Waals surface area contributed by atoms with Crippen LogP contribution in [0.3, 0.4) is 0 Å². The van der Waals surface area contributed by atoms with Crippen molar-refractivity contribution in [2.75, 3.05) is 25.0 Å². The number of nitrogens with zero attached hydrogens (tertiary/aromatic N) is 3. The van der Waals surface area contributed by atoms with E-state index in [1.807, 2.05) is 11.9 Å². The first-order valence-electron chi connectivity index (χ1n) is 8.18. The molecule has 6 heteroatoms. The molecule has 0 aliphatic rings. The van der Waals surface area contributed by atoms with Gasteiger partial charge in [0.25, 0.3) is 5.91 Å². The molecule has 128 valence electrons. The second-order valence-corrected chi connectivity index (χ2v) is 5.65. The maximum absolute atomic E-state index is 13.5. The summed E-state index contributed by atoms with van der Waals surface area (Å²) in [5, 5.41) is 10.8. The molecule has 1 N–H and O–H groups in total. The third-order valence-corrected chi connectivity index (χ3v) is 3.76. The summed E-state index contributed by atoms with van der Waals surface area (Å²) in [6.45, 7) is 3.38. The third-order valence-electron chi connectivity index (χ3n) is 3.76. The standard InChI is InChI=1S/C18H23FN4O/c1-3-4-13-23(2)17-10-9-16(21-22-17)18(24)20-12-11-14-7-5-6-8-15(14)19/h5-10H,3-4,11-13H2,1-2H3,(H,20,24). The molecule has 0 bridgehead atoms. The van der Waals surface area contributed by atoms with E-state index in [0.29, 0.717) is 18.5 Å². The molecule has 0 saturated carbocycles. The number of halogens is 1. The molecule has 1 aromatic carbocycles. The average Bonchev–Trinajstić information content (AvgIpc) is 2.61. The minimum absolute atomic E-state index is 0.258. The molecular formula is C18H23FN4O. The predicted molar refractivity (Wildman–Crippen MR) is 92.6 cm³/mol. The van der Waals surface area contributed by atoms with E-state index in [1.165, 1.54) is 6.07 Å². The van der Waals surface area contributed by atoms with Gasteiger partial charge >= 0.3 is 0 Å². The maximum atomic E-state index is 13.5. The number of amides is 1. The van der Waals surface area contributed by atoms with Crippen molar-refractivity contribution in [1.82, 2.24) is 15.5 Å². The number of benzene rings is 1. The van der Waals surface area contributed by atoms with Gasteiger partial charge in [-0.3, -0.25) is 4.79 Å². The molecule has 5 nitrogen and oxygen atoms in total. The fourth-order valence-electron chi connectivity index (χ4n) is 2.26. The summed E-state index contributed by atoms with van der Waals surface area (Å²) in [6, 6.07) is 9.99. The lowest BCUT2D eigenvalue weighted by Gasteiger charge is -2.16. The smallest absolute Gasteiger partial charge is 0.271 e. The molecule has 0 fully saturated rings. The Morgan fingerprint density at radius 3 is 2.67 bits per heavy atom. The highest BCUT2D eigenvalue weighted by molar-refractivity contribution is 5.92. The molecule has 2 aromatic rings. The lowest BCUT2D eigenvalue weighted by atomic mass is 10.1. The zero-order valence-electron chi connectivity index (χ0n) is 14.1. The molecule has 24 heavy (non-hydrogen) atoms. The first-order chi connectivity index (χ1) is 11.6. The van der Waals surface area contributed by atoms with Crippen LogP contribution in [0.2, 0.25) is 0 Å². The van der Waals surface area contributed by atoms with Crippen molar-refractivity contribution in [2.24, 2.45) is 0 Å². The van der Waals surface area contributed by atoms with Gasteiger partial charge in [0.2, 0.25) is 0 Å². The number of carbonyl (C=O) groups excluding carboxylic acids is 1. The molecule has 2 rings (SSSR count). The summed E-state index contributed by atoms with van der Waals surface area (Å²) in [5.74, 6) is 0.180. The van der Waals surface area contributed by atoms with Gasteiger partial charge in [0.05, 0.1) is 0 Å². The number of aromatic nitrogens is 2. The number of hydrogen-bond donors (Lipinski definition) is 1. The Hall–Kier alpha value is -2.50. The van der Waals surface area contributed by atoms with Crippen molar-refractivity contribution in [1.29, 1.82) is 0 Å². The topological polar surface area (TPSA) is 58.1 Å². The molecule has 0 radical (unpaired) electrons. The quantitative estimate of drug-likeness (QED) is 0.808. The fourth-order valence-corrected chi connectivity index (χ4v) is 2.26. The maximum Gasteiger partial charge on any atom is 0.271 e. The molecule has 0 spiro atoms. The van der Waals surface area contributed by atoms with Crippen molar-refractivity contribution in [3.63, 3.8) is 0 Å². The normalized spacial score (nSPS) is 10.5. The van der Waals surface area contributed by atoms with Gasteiger partial charge in [0.15, 0.2) is 11.5 Å². The van der Waals surface area contributed by atoms with E-state index >= 15 is 0 Å².